The van der Waals surface area contributed by atoms with E-state index in [1.165, 1.54) is 0 Å². The molecule has 14 heteroatoms. The Bertz CT molecular complexity index is 1600. The second-order valence-electron chi connectivity index (χ2n) is 12.3. The van der Waals surface area contributed by atoms with E-state index >= 15 is 0 Å². The number of anilines is 5. The number of aromatic nitrogens is 2. The van der Waals surface area contributed by atoms with Gasteiger partial charge in [-0.1, -0.05) is 12.1 Å². The van der Waals surface area contributed by atoms with E-state index in [9.17, 15) is 27.9 Å². The number of nitrogens with one attached hydrogen (secondary N) is 3. The smallest absolute Gasteiger partial charge is 0.421 e. The zero-order chi connectivity index (χ0) is 33.2. The number of hydrogen-bond acceptors (Lipinski definition) is 9. The predicted molar refractivity (Wildman–Crippen MR) is 170 cm³/mol. The van der Waals surface area contributed by atoms with Crippen molar-refractivity contribution in [2.45, 2.75) is 44.8 Å². The molecule has 2 amide bonds. The van der Waals surface area contributed by atoms with Gasteiger partial charge < -0.3 is 35.8 Å². The lowest BCUT2D eigenvalue weighted by Gasteiger charge is -2.36. The van der Waals surface area contributed by atoms with Crippen LogP contribution in [0.3, 0.4) is 0 Å². The predicted octanol–water partition coefficient (Wildman–Crippen LogP) is 4.78. The molecule has 5 rings (SSSR count). The maximum Gasteiger partial charge on any atom is 0.421 e. The Balaban J connectivity index is 1.26. The molecular formula is C32H39F3N8O3. The van der Waals surface area contributed by atoms with Gasteiger partial charge in [-0.05, 0) is 70.2 Å². The van der Waals surface area contributed by atoms with Crippen LogP contribution in [-0.2, 0) is 27.7 Å². The molecule has 246 valence electrons. The number of aromatic hydroxyl groups is 1. The zero-order valence-corrected chi connectivity index (χ0v) is 26.3. The summed E-state index contributed by atoms with van der Waals surface area (Å²) in [4.78, 5) is 38.9. The molecule has 0 unspecified atom stereocenters. The van der Waals surface area contributed by atoms with Crippen molar-refractivity contribution in [2.75, 3.05) is 67.7 Å². The second-order valence-corrected chi connectivity index (χ2v) is 12.3. The molecule has 1 saturated heterocycles. The molecule has 0 radical (unpaired) electrons. The Kier molecular flexibility index (Phi) is 9.29. The summed E-state index contributed by atoms with van der Waals surface area (Å²) in [5.74, 6) is -0.762. The van der Waals surface area contributed by atoms with Crippen LogP contribution < -0.4 is 20.9 Å². The summed E-state index contributed by atoms with van der Waals surface area (Å²) in [6.45, 7) is 6.73. The largest absolute Gasteiger partial charge is 0.506 e. The first-order valence-electron chi connectivity index (χ1n) is 15.1. The molecule has 0 atom stereocenters. The summed E-state index contributed by atoms with van der Waals surface area (Å²) < 4.78 is 41.7. The van der Waals surface area contributed by atoms with Gasteiger partial charge in [-0.15, -0.1) is 0 Å². The molecule has 0 bridgehead atoms. The van der Waals surface area contributed by atoms with Crippen molar-refractivity contribution in [2.24, 2.45) is 0 Å². The molecule has 1 fully saturated rings. The fourth-order valence-electron chi connectivity index (χ4n) is 5.81. The number of nitrogens with zero attached hydrogens (tertiary/aromatic N) is 5. The molecule has 0 saturated carbocycles. The summed E-state index contributed by atoms with van der Waals surface area (Å²) in [5, 5.41) is 19.2. The molecule has 46 heavy (non-hydrogen) atoms. The molecule has 2 aromatic carbocycles. The normalized spacial score (nSPS) is 16.0. The van der Waals surface area contributed by atoms with Crippen LogP contribution in [0.4, 0.5) is 42.0 Å². The van der Waals surface area contributed by atoms with E-state index in [4.69, 9.17) is 0 Å². The summed E-state index contributed by atoms with van der Waals surface area (Å²) in [7, 11) is 3.96. The van der Waals surface area contributed by atoms with Gasteiger partial charge in [-0.3, -0.25) is 9.59 Å². The van der Waals surface area contributed by atoms with Crippen LogP contribution >= 0.6 is 0 Å². The molecule has 3 heterocycles. The second kappa shape index (κ2) is 13.0. The minimum atomic E-state index is -4.72. The fourth-order valence-corrected chi connectivity index (χ4v) is 5.81. The standard InChI is InChI=1S/C32H39F3N8O3/c1-31(2)27-20(7-5-8-24(27)38-29(31)46)18-36-28-22(32(33,34)35)19-37-30(40-28)39-23-11-10-21(17-25(23)44)42-13-15-43(16-14-42)26(45)9-6-12-41(3)4/h5,7-8,10-11,17,19,44H,6,9,12-16,18H2,1-4H3,(H,38,46)(H2,36,37,39,40). The highest BCUT2D eigenvalue weighted by molar-refractivity contribution is 6.06. The van der Waals surface area contributed by atoms with Gasteiger partial charge in [-0.2, -0.15) is 18.2 Å². The Morgan fingerprint density at radius 2 is 1.87 bits per heavy atom. The summed E-state index contributed by atoms with van der Waals surface area (Å²) in [6, 6.07) is 10.2. The Morgan fingerprint density at radius 3 is 2.54 bits per heavy atom. The number of hydrogen-bond donors (Lipinski definition) is 4. The molecule has 3 aromatic rings. The first-order valence-corrected chi connectivity index (χ1v) is 15.1. The maximum atomic E-state index is 13.9. The van der Waals surface area contributed by atoms with Gasteiger partial charge in [0.1, 0.15) is 17.1 Å². The van der Waals surface area contributed by atoms with Gasteiger partial charge in [0.05, 0.1) is 11.1 Å². The van der Waals surface area contributed by atoms with Crippen molar-refractivity contribution in [3.8, 4) is 5.75 Å². The Labute approximate surface area is 265 Å². The monoisotopic (exact) mass is 640 g/mol. The third-order valence-corrected chi connectivity index (χ3v) is 8.35. The van der Waals surface area contributed by atoms with Crippen LogP contribution in [0.15, 0.2) is 42.6 Å². The highest BCUT2D eigenvalue weighted by Gasteiger charge is 2.40. The van der Waals surface area contributed by atoms with E-state index in [-0.39, 0.29) is 35.7 Å². The molecular weight excluding hydrogens is 601 g/mol. The number of benzene rings is 2. The minimum Gasteiger partial charge on any atom is -0.506 e. The van der Waals surface area contributed by atoms with Gasteiger partial charge >= 0.3 is 6.18 Å². The van der Waals surface area contributed by atoms with E-state index in [1.54, 1.807) is 50.2 Å². The van der Waals surface area contributed by atoms with Crippen LogP contribution in [0.2, 0.25) is 0 Å². The molecule has 0 spiro atoms. The third kappa shape index (κ3) is 7.11. The van der Waals surface area contributed by atoms with E-state index in [1.807, 2.05) is 19.0 Å². The number of halogens is 3. The van der Waals surface area contributed by atoms with Crippen molar-refractivity contribution in [1.82, 2.24) is 19.8 Å². The number of phenolic OH excluding ortho intramolecular Hbond substituents is 1. The number of carbonyl (C=O) groups excluding carboxylic acids is 2. The molecule has 2 aliphatic rings. The van der Waals surface area contributed by atoms with Gasteiger partial charge in [0.25, 0.3) is 0 Å². The number of fused-ring (bicyclic) bond motifs is 1. The maximum absolute atomic E-state index is 13.9. The lowest BCUT2D eigenvalue weighted by molar-refractivity contribution is -0.137. The molecule has 11 nitrogen and oxygen atoms in total. The van der Waals surface area contributed by atoms with E-state index in [0.29, 0.717) is 55.6 Å². The number of amides is 2. The van der Waals surface area contributed by atoms with Crippen LogP contribution in [0, 0.1) is 0 Å². The summed E-state index contributed by atoms with van der Waals surface area (Å²) in [5.41, 5.74) is 1.08. The third-order valence-electron chi connectivity index (χ3n) is 8.35. The van der Waals surface area contributed by atoms with E-state index in [0.717, 1.165) is 18.7 Å². The number of piperazine rings is 1. The lowest BCUT2D eigenvalue weighted by atomic mass is 9.83. The van der Waals surface area contributed by atoms with Gasteiger partial charge in [-0.25, -0.2) is 4.98 Å². The topological polar surface area (TPSA) is 126 Å². The molecule has 4 N–H and O–H groups in total. The van der Waals surface area contributed by atoms with Crippen molar-refractivity contribution in [3.63, 3.8) is 0 Å². The van der Waals surface area contributed by atoms with Gasteiger partial charge in [0.2, 0.25) is 17.8 Å². The zero-order valence-electron chi connectivity index (χ0n) is 26.3. The average Bonchev–Trinajstić information content (AvgIpc) is 3.24. The first kappa shape index (κ1) is 32.8. The molecule has 1 aromatic heterocycles. The number of carbonyl (C=O) groups is 2. The highest BCUT2D eigenvalue weighted by atomic mass is 19.4. The summed E-state index contributed by atoms with van der Waals surface area (Å²) >= 11 is 0. The van der Waals surface area contributed by atoms with Crippen molar-refractivity contribution in [3.05, 3.63) is 59.3 Å². The van der Waals surface area contributed by atoms with Crippen molar-refractivity contribution < 1.29 is 27.9 Å². The van der Waals surface area contributed by atoms with Crippen molar-refractivity contribution in [1.29, 1.82) is 0 Å². The Morgan fingerprint density at radius 1 is 1.13 bits per heavy atom. The van der Waals surface area contributed by atoms with E-state index in [2.05, 4.69) is 35.7 Å². The molecule has 0 aliphatic carbocycles. The average molecular weight is 641 g/mol. The SMILES string of the molecule is CN(C)CCCC(=O)N1CCN(c2ccc(Nc3ncc(C(F)(F)F)c(NCc4cccc5c4C(C)(C)C(=O)N5)n3)c(O)c2)CC1. The van der Waals surface area contributed by atoms with Gasteiger partial charge in [0, 0.05) is 62.8 Å². The summed E-state index contributed by atoms with van der Waals surface area (Å²) in [6.07, 6.45) is -2.72. The van der Waals surface area contributed by atoms with Crippen LogP contribution in [0.25, 0.3) is 0 Å². The van der Waals surface area contributed by atoms with Crippen molar-refractivity contribution >= 4 is 40.6 Å². The lowest BCUT2D eigenvalue weighted by Crippen LogP contribution is -2.48. The highest BCUT2D eigenvalue weighted by Crippen LogP contribution is 2.40. The Hall–Kier alpha value is -4.59. The number of alkyl halides is 3. The van der Waals surface area contributed by atoms with Gasteiger partial charge in [0.15, 0.2) is 0 Å². The van der Waals surface area contributed by atoms with Crippen LogP contribution in [0.1, 0.15) is 43.4 Å². The minimum absolute atomic E-state index is 0.0179. The van der Waals surface area contributed by atoms with E-state index < -0.39 is 23.0 Å². The molecule has 2 aliphatic heterocycles. The van der Waals surface area contributed by atoms with Crippen LogP contribution in [0.5, 0.6) is 5.75 Å². The first-order chi connectivity index (χ1) is 21.7. The number of rotatable bonds is 10. The number of phenols is 1. The van der Waals surface area contributed by atoms with Crippen LogP contribution in [-0.4, -0.2) is 83.5 Å². The quantitative estimate of drug-likeness (QED) is 0.232. The fraction of sp³-hybridized carbons (Fsp3) is 0.438.